The Morgan fingerprint density at radius 1 is 1.22 bits per heavy atom. The topological polar surface area (TPSA) is 55.7 Å². The van der Waals surface area contributed by atoms with Crippen molar-refractivity contribution in [1.29, 1.82) is 0 Å². The van der Waals surface area contributed by atoms with E-state index in [1.54, 1.807) is 4.90 Å². The summed E-state index contributed by atoms with van der Waals surface area (Å²) in [5.41, 5.74) is 0. The Bertz CT molecular complexity index is 81.0. The van der Waals surface area contributed by atoms with Crippen molar-refractivity contribution in [3.63, 3.8) is 0 Å². The Labute approximate surface area is 54.1 Å². The van der Waals surface area contributed by atoms with Crippen LogP contribution < -0.4 is 5.32 Å². The van der Waals surface area contributed by atoms with Crippen LogP contribution in [0.15, 0.2) is 0 Å². The van der Waals surface area contributed by atoms with E-state index < -0.39 is 6.41 Å². The van der Waals surface area contributed by atoms with Gasteiger partial charge in [0.1, 0.15) is 0 Å². The Balaban J connectivity index is 2.23. The third-order valence-corrected chi connectivity index (χ3v) is 1.48. The van der Waals surface area contributed by atoms with Crippen molar-refractivity contribution >= 4 is 0 Å². The van der Waals surface area contributed by atoms with Gasteiger partial charge in [-0.1, -0.05) is 0 Å². The van der Waals surface area contributed by atoms with E-state index in [0.717, 1.165) is 26.2 Å². The fraction of sp³-hybridized carbons (Fsp3) is 1.00. The molecule has 0 amide bonds. The van der Waals surface area contributed by atoms with Gasteiger partial charge in [-0.2, -0.15) is 0 Å². The van der Waals surface area contributed by atoms with E-state index in [1.165, 1.54) is 0 Å². The molecule has 0 aliphatic carbocycles. The maximum atomic E-state index is 8.63. The lowest BCUT2D eigenvalue weighted by molar-refractivity contribution is -0.157. The standard InChI is InChI=1S/C5H12N2O2/c8-5(9)7-3-1-6-2-4-7/h5-6,8-9H,1-4H2. The van der Waals surface area contributed by atoms with E-state index in [2.05, 4.69) is 5.32 Å². The van der Waals surface area contributed by atoms with Crippen LogP contribution >= 0.6 is 0 Å². The van der Waals surface area contributed by atoms with E-state index in [9.17, 15) is 0 Å². The molecule has 0 aromatic heterocycles. The van der Waals surface area contributed by atoms with Crippen LogP contribution in [0.25, 0.3) is 0 Å². The molecule has 1 aliphatic rings. The van der Waals surface area contributed by atoms with Gasteiger partial charge in [0.15, 0.2) is 0 Å². The molecule has 4 heteroatoms. The quantitative estimate of drug-likeness (QED) is 0.367. The number of piperazine rings is 1. The molecule has 4 nitrogen and oxygen atoms in total. The highest BCUT2D eigenvalue weighted by atomic mass is 16.5. The number of hydrogen-bond acceptors (Lipinski definition) is 4. The van der Waals surface area contributed by atoms with Crippen LogP contribution in [-0.4, -0.2) is 47.7 Å². The Kier molecular flexibility index (Phi) is 2.41. The Morgan fingerprint density at radius 2 is 1.78 bits per heavy atom. The number of rotatable bonds is 1. The molecule has 1 rings (SSSR count). The van der Waals surface area contributed by atoms with Crippen LogP contribution in [0.4, 0.5) is 0 Å². The first-order valence-electron chi connectivity index (χ1n) is 3.11. The van der Waals surface area contributed by atoms with Crippen LogP contribution in [0, 0.1) is 0 Å². The van der Waals surface area contributed by atoms with E-state index in [0.29, 0.717) is 0 Å². The van der Waals surface area contributed by atoms with Crippen LogP contribution in [0.3, 0.4) is 0 Å². The molecule has 0 bridgehead atoms. The summed E-state index contributed by atoms with van der Waals surface area (Å²) in [6.45, 7) is 3.13. The van der Waals surface area contributed by atoms with Crippen molar-refractivity contribution in [2.45, 2.75) is 6.41 Å². The highest BCUT2D eigenvalue weighted by Crippen LogP contribution is 1.93. The monoisotopic (exact) mass is 132 g/mol. The number of nitrogens with zero attached hydrogens (tertiary/aromatic N) is 1. The lowest BCUT2D eigenvalue weighted by Gasteiger charge is -2.27. The number of aliphatic hydroxyl groups excluding tert-OH is 1. The van der Waals surface area contributed by atoms with Crippen molar-refractivity contribution in [1.82, 2.24) is 10.2 Å². The molecule has 3 N–H and O–H groups in total. The van der Waals surface area contributed by atoms with Gasteiger partial charge in [0.05, 0.1) is 0 Å². The summed E-state index contributed by atoms with van der Waals surface area (Å²) in [6, 6.07) is 0. The zero-order valence-corrected chi connectivity index (χ0v) is 5.25. The lowest BCUT2D eigenvalue weighted by Crippen LogP contribution is -2.48. The molecular weight excluding hydrogens is 120 g/mol. The van der Waals surface area contributed by atoms with Crippen LogP contribution in [-0.2, 0) is 0 Å². The summed E-state index contributed by atoms with van der Waals surface area (Å²) < 4.78 is 0. The summed E-state index contributed by atoms with van der Waals surface area (Å²) in [5.74, 6) is 0. The maximum Gasteiger partial charge on any atom is 0.213 e. The highest BCUT2D eigenvalue weighted by Gasteiger charge is 2.14. The lowest BCUT2D eigenvalue weighted by atomic mass is 10.4. The predicted molar refractivity (Wildman–Crippen MR) is 32.7 cm³/mol. The average Bonchev–Trinajstić information content (AvgIpc) is 1.90. The van der Waals surface area contributed by atoms with Crippen molar-refractivity contribution in [2.24, 2.45) is 0 Å². The minimum atomic E-state index is -1.27. The van der Waals surface area contributed by atoms with Gasteiger partial charge in [0.25, 0.3) is 0 Å². The highest BCUT2D eigenvalue weighted by molar-refractivity contribution is 4.65. The van der Waals surface area contributed by atoms with E-state index in [-0.39, 0.29) is 0 Å². The van der Waals surface area contributed by atoms with E-state index in [4.69, 9.17) is 10.2 Å². The summed E-state index contributed by atoms with van der Waals surface area (Å²) in [4.78, 5) is 1.61. The molecule has 0 aromatic rings. The third kappa shape index (κ3) is 1.91. The summed E-state index contributed by atoms with van der Waals surface area (Å²) in [5, 5.41) is 20.4. The average molecular weight is 132 g/mol. The molecule has 0 saturated carbocycles. The largest absolute Gasteiger partial charge is 0.356 e. The molecule has 1 saturated heterocycles. The zero-order chi connectivity index (χ0) is 6.69. The fourth-order valence-corrected chi connectivity index (χ4v) is 0.913. The van der Waals surface area contributed by atoms with Crippen LogP contribution in [0.1, 0.15) is 0 Å². The van der Waals surface area contributed by atoms with Gasteiger partial charge < -0.3 is 15.5 Å². The normalized spacial score (nSPS) is 23.0. The minimum Gasteiger partial charge on any atom is -0.356 e. The molecule has 0 spiro atoms. The summed E-state index contributed by atoms with van der Waals surface area (Å²) >= 11 is 0. The third-order valence-electron chi connectivity index (χ3n) is 1.48. The van der Waals surface area contributed by atoms with Crippen LogP contribution in [0.2, 0.25) is 0 Å². The van der Waals surface area contributed by atoms with Gasteiger partial charge in [0.2, 0.25) is 6.41 Å². The maximum absolute atomic E-state index is 8.63. The second-order valence-electron chi connectivity index (χ2n) is 2.13. The number of nitrogens with one attached hydrogen (secondary N) is 1. The second-order valence-corrected chi connectivity index (χ2v) is 2.13. The first kappa shape index (κ1) is 6.95. The molecule has 0 atom stereocenters. The van der Waals surface area contributed by atoms with Gasteiger partial charge in [-0.25, -0.2) is 0 Å². The zero-order valence-electron chi connectivity index (χ0n) is 5.25. The van der Waals surface area contributed by atoms with Crippen molar-refractivity contribution in [2.75, 3.05) is 26.2 Å². The van der Waals surface area contributed by atoms with E-state index >= 15 is 0 Å². The van der Waals surface area contributed by atoms with Crippen molar-refractivity contribution < 1.29 is 10.2 Å². The second kappa shape index (κ2) is 3.12. The number of aliphatic hydroxyl groups is 2. The molecule has 0 unspecified atom stereocenters. The van der Waals surface area contributed by atoms with Crippen LogP contribution in [0.5, 0.6) is 0 Å². The predicted octanol–water partition coefficient (Wildman–Crippen LogP) is -1.84. The van der Waals surface area contributed by atoms with Crippen molar-refractivity contribution in [3.8, 4) is 0 Å². The molecule has 54 valence electrons. The van der Waals surface area contributed by atoms with E-state index in [1.807, 2.05) is 0 Å². The summed E-state index contributed by atoms with van der Waals surface area (Å²) in [6.07, 6.45) is -1.27. The molecule has 1 heterocycles. The van der Waals surface area contributed by atoms with Gasteiger partial charge >= 0.3 is 0 Å². The molecule has 9 heavy (non-hydrogen) atoms. The van der Waals surface area contributed by atoms with Gasteiger partial charge in [-0.15, -0.1) is 0 Å². The Morgan fingerprint density at radius 3 is 2.11 bits per heavy atom. The molecule has 0 aromatic carbocycles. The SMILES string of the molecule is OC(O)N1CCNCC1. The first-order chi connectivity index (χ1) is 4.30. The first-order valence-corrected chi connectivity index (χ1v) is 3.11. The molecule has 1 aliphatic heterocycles. The van der Waals surface area contributed by atoms with Crippen molar-refractivity contribution in [3.05, 3.63) is 0 Å². The Hall–Kier alpha value is -0.160. The fourth-order valence-electron chi connectivity index (χ4n) is 0.913. The minimum absolute atomic E-state index is 0.720. The molecular formula is C5H12N2O2. The molecule has 1 fully saturated rings. The summed E-state index contributed by atoms with van der Waals surface area (Å²) in [7, 11) is 0. The number of hydrogen-bond donors (Lipinski definition) is 3. The van der Waals surface area contributed by atoms with Gasteiger partial charge in [0, 0.05) is 26.2 Å². The van der Waals surface area contributed by atoms with Gasteiger partial charge in [-0.05, 0) is 0 Å². The molecule has 0 radical (unpaired) electrons. The smallest absolute Gasteiger partial charge is 0.213 e. The van der Waals surface area contributed by atoms with Gasteiger partial charge in [-0.3, -0.25) is 4.90 Å².